The fraction of sp³-hybridized carbons (Fsp3) is 0.200. The van der Waals surface area contributed by atoms with Crippen LogP contribution in [0.5, 0.6) is 0 Å². The Bertz CT molecular complexity index is 1140. The van der Waals surface area contributed by atoms with Gasteiger partial charge in [-0.15, -0.1) is 0 Å². The molecule has 0 aromatic heterocycles. The van der Waals surface area contributed by atoms with Crippen LogP contribution in [-0.2, 0) is 27.5 Å². The monoisotopic (exact) mass is 486 g/mol. The lowest BCUT2D eigenvalue weighted by Gasteiger charge is -2.15. The van der Waals surface area contributed by atoms with Gasteiger partial charge in [0.05, 0.1) is 21.9 Å². The Hall–Kier alpha value is -2.21. The quantitative estimate of drug-likeness (QED) is 0.484. The number of thiocarbonyl (C=S) groups is 1. The molecule has 0 saturated carbocycles. The van der Waals surface area contributed by atoms with Gasteiger partial charge in [0.1, 0.15) is 4.32 Å². The molecule has 0 radical (unpaired) electrons. The normalized spacial score (nSPS) is 16.4. The Labute approximate surface area is 187 Å². The summed E-state index contributed by atoms with van der Waals surface area (Å²) in [6, 6.07) is 10.7. The number of rotatable bonds is 6. The molecule has 1 fully saturated rings. The van der Waals surface area contributed by atoms with E-state index >= 15 is 0 Å². The number of nitrogens with one attached hydrogen (secondary N) is 1. The summed E-state index contributed by atoms with van der Waals surface area (Å²) < 4.78 is 65.4. The van der Waals surface area contributed by atoms with Crippen molar-refractivity contribution in [3.8, 4) is 0 Å². The lowest BCUT2D eigenvalue weighted by Crippen LogP contribution is -2.27. The minimum Gasteiger partial charge on any atom is -0.288 e. The van der Waals surface area contributed by atoms with Gasteiger partial charge in [0.2, 0.25) is 10.0 Å². The van der Waals surface area contributed by atoms with E-state index in [4.69, 9.17) is 12.2 Å². The number of carbonyl (C=O) groups excluding carboxylic acids is 1. The second-order valence-electron chi connectivity index (χ2n) is 6.54. The van der Waals surface area contributed by atoms with E-state index in [2.05, 4.69) is 4.72 Å². The van der Waals surface area contributed by atoms with Crippen molar-refractivity contribution in [2.24, 2.45) is 0 Å². The predicted molar refractivity (Wildman–Crippen MR) is 117 cm³/mol. The van der Waals surface area contributed by atoms with Gasteiger partial charge in [-0.3, -0.25) is 9.69 Å². The summed E-state index contributed by atoms with van der Waals surface area (Å²) in [6.07, 6.45) is -2.91. The van der Waals surface area contributed by atoms with Gasteiger partial charge < -0.3 is 0 Å². The van der Waals surface area contributed by atoms with Crippen molar-refractivity contribution in [2.75, 3.05) is 6.54 Å². The number of sulfonamides is 1. The first-order valence-corrected chi connectivity index (χ1v) is 11.7. The highest BCUT2D eigenvalue weighted by Gasteiger charge is 2.33. The van der Waals surface area contributed by atoms with Crippen LogP contribution < -0.4 is 4.72 Å². The number of carbonyl (C=O) groups is 1. The van der Waals surface area contributed by atoms with Gasteiger partial charge in [0.25, 0.3) is 5.91 Å². The first-order valence-electron chi connectivity index (χ1n) is 9.02. The van der Waals surface area contributed by atoms with Crippen LogP contribution in [0, 0.1) is 0 Å². The average Bonchev–Trinajstić information content (AvgIpc) is 2.95. The zero-order valence-electron chi connectivity index (χ0n) is 16.1. The Morgan fingerprint density at radius 3 is 2.45 bits per heavy atom. The molecule has 1 aliphatic rings. The Balaban J connectivity index is 1.78. The maximum Gasteiger partial charge on any atom is 0.416 e. The van der Waals surface area contributed by atoms with E-state index in [0.717, 1.165) is 23.9 Å². The second kappa shape index (κ2) is 9.11. The molecule has 1 amide bonds. The lowest BCUT2D eigenvalue weighted by molar-refractivity contribution is -0.137. The third-order valence-electron chi connectivity index (χ3n) is 4.29. The minimum atomic E-state index is -4.47. The van der Waals surface area contributed by atoms with E-state index in [1.807, 2.05) is 0 Å². The summed E-state index contributed by atoms with van der Waals surface area (Å²) in [5.74, 6) is -0.420. The Morgan fingerprint density at radius 2 is 1.84 bits per heavy atom. The molecule has 1 N–H and O–H groups in total. The van der Waals surface area contributed by atoms with Crippen LogP contribution in [0.25, 0.3) is 6.08 Å². The number of hydrogen-bond donors (Lipinski definition) is 1. The van der Waals surface area contributed by atoms with Gasteiger partial charge in [-0.2, -0.15) is 13.2 Å². The van der Waals surface area contributed by atoms with Gasteiger partial charge in [0, 0.05) is 6.54 Å². The number of halogens is 3. The summed E-state index contributed by atoms with van der Waals surface area (Å²) in [4.78, 5) is 14.4. The van der Waals surface area contributed by atoms with E-state index in [1.54, 1.807) is 25.1 Å². The highest BCUT2D eigenvalue weighted by atomic mass is 32.2. The van der Waals surface area contributed by atoms with Crippen LogP contribution in [0.4, 0.5) is 13.2 Å². The summed E-state index contributed by atoms with van der Waals surface area (Å²) in [5, 5.41) is 0. The molecule has 11 heteroatoms. The van der Waals surface area contributed by atoms with Crippen molar-refractivity contribution in [3.05, 3.63) is 70.1 Å². The number of nitrogens with zero attached hydrogens (tertiary/aromatic N) is 1. The molecule has 5 nitrogen and oxygen atoms in total. The van der Waals surface area contributed by atoms with Gasteiger partial charge >= 0.3 is 6.18 Å². The van der Waals surface area contributed by atoms with Gasteiger partial charge in [-0.05, 0) is 41.5 Å². The van der Waals surface area contributed by atoms with Crippen molar-refractivity contribution in [1.82, 2.24) is 9.62 Å². The first-order chi connectivity index (χ1) is 14.5. The number of thioether (sulfide) groups is 1. The zero-order valence-corrected chi connectivity index (χ0v) is 18.6. The van der Waals surface area contributed by atoms with Crippen molar-refractivity contribution in [3.63, 3.8) is 0 Å². The van der Waals surface area contributed by atoms with Crippen LogP contribution in [0.3, 0.4) is 0 Å². The molecule has 0 spiro atoms. The van der Waals surface area contributed by atoms with E-state index in [9.17, 15) is 26.4 Å². The summed E-state index contributed by atoms with van der Waals surface area (Å²) >= 11 is 6.27. The van der Waals surface area contributed by atoms with Crippen molar-refractivity contribution < 1.29 is 26.4 Å². The molecule has 0 unspecified atom stereocenters. The summed E-state index contributed by atoms with van der Waals surface area (Å²) in [6.45, 7) is 1.86. The molecule has 2 aromatic rings. The summed E-state index contributed by atoms with van der Waals surface area (Å²) in [7, 11) is -3.58. The highest BCUT2D eigenvalue weighted by Crippen LogP contribution is 2.35. The molecule has 0 bridgehead atoms. The zero-order chi connectivity index (χ0) is 22.8. The van der Waals surface area contributed by atoms with Gasteiger partial charge in [-0.1, -0.05) is 55.2 Å². The van der Waals surface area contributed by atoms with Gasteiger partial charge in [0.15, 0.2) is 0 Å². The van der Waals surface area contributed by atoms with Crippen LogP contribution in [0.1, 0.15) is 23.6 Å². The molecule has 0 aliphatic carbocycles. The van der Waals surface area contributed by atoms with Crippen LogP contribution >= 0.6 is 24.0 Å². The Kier molecular flexibility index (Phi) is 6.89. The fourth-order valence-electron chi connectivity index (χ4n) is 2.83. The SMILES string of the molecule is CCNS(=O)(=O)c1ccc(/C=C2\SC(=S)N(Cc3cccc(C(F)(F)F)c3)C2=O)cc1. The molecule has 2 aromatic carbocycles. The highest BCUT2D eigenvalue weighted by molar-refractivity contribution is 8.26. The average molecular weight is 487 g/mol. The second-order valence-corrected chi connectivity index (χ2v) is 9.98. The number of alkyl halides is 3. The van der Waals surface area contributed by atoms with Crippen LogP contribution in [0.15, 0.2) is 58.3 Å². The third-order valence-corrected chi connectivity index (χ3v) is 7.23. The summed E-state index contributed by atoms with van der Waals surface area (Å²) in [5.41, 5.74) is 0.110. The molecule has 0 atom stereocenters. The smallest absolute Gasteiger partial charge is 0.288 e. The molecule has 164 valence electrons. The molecule has 1 heterocycles. The molecule has 1 saturated heterocycles. The molecule has 31 heavy (non-hydrogen) atoms. The molecular formula is C20H17F3N2O3S3. The molecular weight excluding hydrogens is 469 g/mol. The largest absolute Gasteiger partial charge is 0.416 e. The van der Waals surface area contributed by atoms with Crippen molar-refractivity contribution >= 4 is 50.3 Å². The van der Waals surface area contributed by atoms with Crippen LogP contribution in [-0.4, -0.2) is 30.1 Å². The van der Waals surface area contributed by atoms with E-state index < -0.39 is 27.7 Å². The van der Waals surface area contributed by atoms with Gasteiger partial charge in [-0.25, -0.2) is 13.1 Å². The minimum absolute atomic E-state index is 0.0776. The van der Waals surface area contributed by atoms with E-state index in [-0.39, 0.29) is 22.3 Å². The topological polar surface area (TPSA) is 66.5 Å². The first kappa shape index (κ1) is 23.5. The third kappa shape index (κ3) is 5.53. The number of benzene rings is 2. The van der Waals surface area contributed by atoms with Crippen molar-refractivity contribution in [2.45, 2.75) is 24.5 Å². The fourth-order valence-corrected chi connectivity index (χ4v) is 5.13. The molecule has 3 rings (SSSR count). The lowest BCUT2D eigenvalue weighted by atomic mass is 10.1. The number of hydrogen-bond acceptors (Lipinski definition) is 5. The predicted octanol–water partition coefficient (Wildman–Crippen LogP) is 4.41. The maximum atomic E-state index is 12.9. The molecule has 1 aliphatic heterocycles. The standard InChI is InChI=1S/C20H17F3N2O3S3/c1-2-24-31(27,28)16-8-6-13(7-9-16)11-17-18(26)25(19(29)30-17)12-14-4-3-5-15(10-14)20(21,22)23/h3-11,24H,2,12H2,1H3/b17-11-. The number of amides is 1. The van der Waals surface area contributed by atoms with E-state index in [0.29, 0.717) is 16.0 Å². The van der Waals surface area contributed by atoms with Crippen molar-refractivity contribution in [1.29, 1.82) is 0 Å². The Morgan fingerprint density at radius 1 is 1.16 bits per heavy atom. The van der Waals surface area contributed by atoms with Crippen LogP contribution in [0.2, 0.25) is 0 Å². The maximum absolute atomic E-state index is 12.9. The van der Waals surface area contributed by atoms with E-state index in [1.165, 1.54) is 29.2 Å².